The highest BCUT2D eigenvalue weighted by Crippen LogP contribution is 2.24. The first kappa shape index (κ1) is 18.8. The lowest BCUT2D eigenvalue weighted by Crippen LogP contribution is -2.42. The van der Waals surface area contributed by atoms with Gasteiger partial charge in [-0.1, -0.05) is 18.2 Å². The van der Waals surface area contributed by atoms with Crippen molar-refractivity contribution in [3.05, 3.63) is 65.2 Å². The largest absolute Gasteiger partial charge is 0.497 e. The number of rotatable bonds is 7. The molecule has 2 aromatic rings. The summed E-state index contributed by atoms with van der Waals surface area (Å²) in [6.07, 6.45) is 0. The van der Waals surface area contributed by atoms with Gasteiger partial charge in [-0.2, -0.15) is 0 Å². The van der Waals surface area contributed by atoms with Crippen molar-refractivity contribution in [2.45, 2.75) is 12.6 Å². The Labute approximate surface area is 152 Å². The van der Waals surface area contributed by atoms with Gasteiger partial charge in [0.15, 0.2) is 0 Å². The lowest BCUT2D eigenvalue weighted by atomic mass is 10.0. The normalized spacial score (nSPS) is 16.4. The van der Waals surface area contributed by atoms with Gasteiger partial charge in [0.2, 0.25) is 0 Å². The van der Waals surface area contributed by atoms with Crippen LogP contribution in [-0.2, 0) is 11.3 Å². The second kappa shape index (κ2) is 9.07. The lowest BCUT2D eigenvalue weighted by Gasteiger charge is -2.35. The van der Waals surface area contributed by atoms with Crippen molar-refractivity contribution in [1.82, 2.24) is 10.2 Å². The van der Waals surface area contributed by atoms with Crippen LogP contribution in [0.1, 0.15) is 17.2 Å². The Morgan fingerprint density at radius 1 is 1.08 bits per heavy atom. The molecular formula is C20H24F2N2O2. The van der Waals surface area contributed by atoms with Crippen LogP contribution in [0.25, 0.3) is 0 Å². The van der Waals surface area contributed by atoms with Crippen molar-refractivity contribution in [3.63, 3.8) is 0 Å². The summed E-state index contributed by atoms with van der Waals surface area (Å²) in [6.45, 7) is 3.76. The Balaban J connectivity index is 1.70. The van der Waals surface area contributed by atoms with E-state index in [-0.39, 0.29) is 18.2 Å². The first-order valence-electron chi connectivity index (χ1n) is 8.78. The van der Waals surface area contributed by atoms with E-state index in [2.05, 4.69) is 10.2 Å². The molecule has 1 aliphatic rings. The van der Waals surface area contributed by atoms with E-state index in [0.29, 0.717) is 19.8 Å². The number of benzene rings is 2. The van der Waals surface area contributed by atoms with E-state index < -0.39 is 11.6 Å². The number of hydrogen-bond acceptors (Lipinski definition) is 4. The van der Waals surface area contributed by atoms with E-state index in [1.807, 2.05) is 24.3 Å². The SMILES string of the molecule is COc1ccc(C(CNCc2c(F)cccc2F)N2CCOCC2)cc1. The fourth-order valence-corrected chi connectivity index (χ4v) is 3.21. The van der Waals surface area contributed by atoms with E-state index in [1.54, 1.807) is 7.11 Å². The molecule has 1 saturated heterocycles. The summed E-state index contributed by atoms with van der Waals surface area (Å²) < 4.78 is 38.3. The maximum Gasteiger partial charge on any atom is 0.130 e. The molecule has 1 unspecified atom stereocenters. The fraction of sp³-hybridized carbons (Fsp3) is 0.400. The molecule has 6 heteroatoms. The summed E-state index contributed by atoms with van der Waals surface area (Å²) in [6, 6.07) is 12.0. The van der Waals surface area contributed by atoms with Crippen LogP contribution in [0.4, 0.5) is 8.78 Å². The number of methoxy groups -OCH3 is 1. The van der Waals surface area contributed by atoms with Crippen LogP contribution in [0.5, 0.6) is 5.75 Å². The van der Waals surface area contributed by atoms with Gasteiger partial charge in [0.05, 0.1) is 20.3 Å². The van der Waals surface area contributed by atoms with Gasteiger partial charge >= 0.3 is 0 Å². The predicted molar refractivity (Wildman–Crippen MR) is 96.2 cm³/mol. The van der Waals surface area contributed by atoms with E-state index >= 15 is 0 Å². The molecule has 1 fully saturated rings. The van der Waals surface area contributed by atoms with Crippen molar-refractivity contribution in [1.29, 1.82) is 0 Å². The molecule has 1 heterocycles. The van der Waals surface area contributed by atoms with Crippen LogP contribution < -0.4 is 10.1 Å². The summed E-state index contributed by atoms with van der Waals surface area (Å²) in [5, 5.41) is 3.21. The number of halogens is 2. The molecule has 4 nitrogen and oxygen atoms in total. The molecule has 0 bridgehead atoms. The first-order chi connectivity index (χ1) is 12.7. The van der Waals surface area contributed by atoms with Gasteiger partial charge in [-0.3, -0.25) is 4.90 Å². The average molecular weight is 362 g/mol. The van der Waals surface area contributed by atoms with Gasteiger partial charge in [0.1, 0.15) is 17.4 Å². The van der Waals surface area contributed by atoms with Gasteiger partial charge < -0.3 is 14.8 Å². The van der Waals surface area contributed by atoms with Gasteiger partial charge in [-0.25, -0.2) is 8.78 Å². The highest BCUT2D eigenvalue weighted by atomic mass is 19.1. The standard InChI is InChI=1S/C20H24F2N2O2/c1-25-16-7-5-15(6-8-16)20(24-9-11-26-12-10-24)14-23-13-17-18(21)3-2-4-19(17)22/h2-8,20,23H,9-14H2,1H3. The Hall–Kier alpha value is -2.02. The summed E-state index contributed by atoms with van der Waals surface area (Å²) in [5.74, 6) is -0.245. The van der Waals surface area contributed by atoms with Gasteiger partial charge in [0.25, 0.3) is 0 Å². The zero-order chi connectivity index (χ0) is 18.4. The molecule has 0 spiro atoms. The molecule has 0 radical (unpaired) electrons. The zero-order valence-corrected chi connectivity index (χ0v) is 14.9. The molecule has 2 aromatic carbocycles. The Morgan fingerprint density at radius 2 is 1.73 bits per heavy atom. The van der Waals surface area contributed by atoms with Crippen molar-refractivity contribution < 1.29 is 18.3 Å². The zero-order valence-electron chi connectivity index (χ0n) is 14.9. The first-order valence-corrected chi connectivity index (χ1v) is 8.78. The molecule has 0 aromatic heterocycles. The predicted octanol–water partition coefficient (Wildman–Crippen LogP) is 3.14. The third kappa shape index (κ3) is 4.58. The smallest absolute Gasteiger partial charge is 0.130 e. The second-order valence-corrected chi connectivity index (χ2v) is 6.27. The topological polar surface area (TPSA) is 33.7 Å². The third-order valence-electron chi connectivity index (χ3n) is 4.69. The van der Waals surface area contributed by atoms with Crippen LogP contribution in [-0.4, -0.2) is 44.9 Å². The molecule has 0 amide bonds. The number of ether oxygens (including phenoxy) is 2. The maximum absolute atomic E-state index is 13.8. The average Bonchev–Trinajstić information content (AvgIpc) is 2.68. The highest BCUT2D eigenvalue weighted by molar-refractivity contribution is 5.29. The minimum Gasteiger partial charge on any atom is -0.497 e. The van der Waals surface area contributed by atoms with E-state index in [0.717, 1.165) is 24.4 Å². The van der Waals surface area contributed by atoms with Crippen molar-refractivity contribution in [2.75, 3.05) is 40.0 Å². The van der Waals surface area contributed by atoms with Crippen molar-refractivity contribution >= 4 is 0 Å². The molecule has 1 aliphatic heterocycles. The van der Waals surface area contributed by atoms with Gasteiger partial charge in [-0.05, 0) is 29.8 Å². The molecule has 1 atom stereocenters. The molecule has 3 rings (SSSR count). The van der Waals surface area contributed by atoms with Crippen LogP contribution in [0, 0.1) is 11.6 Å². The van der Waals surface area contributed by atoms with Crippen LogP contribution in [0.15, 0.2) is 42.5 Å². The van der Waals surface area contributed by atoms with E-state index in [4.69, 9.17) is 9.47 Å². The molecular weight excluding hydrogens is 338 g/mol. The summed E-state index contributed by atoms with van der Waals surface area (Å²) >= 11 is 0. The lowest BCUT2D eigenvalue weighted by molar-refractivity contribution is 0.0160. The summed E-state index contributed by atoms with van der Waals surface area (Å²) in [4.78, 5) is 2.33. The van der Waals surface area contributed by atoms with Crippen LogP contribution in [0.3, 0.4) is 0 Å². The molecule has 0 aliphatic carbocycles. The van der Waals surface area contributed by atoms with E-state index in [1.165, 1.54) is 18.2 Å². The van der Waals surface area contributed by atoms with Crippen LogP contribution >= 0.6 is 0 Å². The summed E-state index contributed by atoms with van der Waals surface area (Å²) in [7, 11) is 1.64. The Morgan fingerprint density at radius 3 is 2.35 bits per heavy atom. The number of morpholine rings is 1. The molecule has 140 valence electrons. The van der Waals surface area contributed by atoms with E-state index in [9.17, 15) is 8.78 Å². The molecule has 1 N–H and O–H groups in total. The second-order valence-electron chi connectivity index (χ2n) is 6.27. The minimum absolute atomic E-state index is 0.0722. The number of hydrogen-bond donors (Lipinski definition) is 1. The number of nitrogens with one attached hydrogen (secondary N) is 1. The summed E-state index contributed by atoms with van der Waals surface area (Å²) in [5.41, 5.74) is 1.21. The Bertz CT molecular complexity index is 683. The third-order valence-corrected chi connectivity index (χ3v) is 4.69. The number of nitrogens with zero attached hydrogens (tertiary/aromatic N) is 1. The fourth-order valence-electron chi connectivity index (χ4n) is 3.21. The Kier molecular flexibility index (Phi) is 6.55. The van der Waals surface area contributed by atoms with Gasteiger partial charge in [0, 0.05) is 37.8 Å². The monoisotopic (exact) mass is 362 g/mol. The molecule has 26 heavy (non-hydrogen) atoms. The quantitative estimate of drug-likeness (QED) is 0.821. The minimum atomic E-state index is -0.523. The van der Waals surface area contributed by atoms with Gasteiger partial charge in [-0.15, -0.1) is 0 Å². The maximum atomic E-state index is 13.8. The molecule has 0 saturated carbocycles. The van der Waals surface area contributed by atoms with Crippen molar-refractivity contribution in [3.8, 4) is 5.75 Å². The van der Waals surface area contributed by atoms with Crippen molar-refractivity contribution in [2.24, 2.45) is 0 Å². The highest BCUT2D eigenvalue weighted by Gasteiger charge is 2.22. The van der Waals surface area contributed by atoms with Crippen LogP contribution in [0.2, 0.25) is 0 Å².